The second-order valence-electron chi connectivity index (χ2n) is 2.69. The summed E-state index contributed by atoms with van der Waals surface area (Å²) < 4.78 is 0. The van der Waals surface area contributed by atoms with Gasteiger partial charge in [-0.2, -0.15) is 0 Å². The molecule has 0 bridgehead atoms. The maximum absolute atomic E-state index is 9.12. The normalized spacial score (nSPS) is 7.86. The Labute approximate surface area is 101 Å². The van der Waals surface area contributed by atoms with Crippen LogP contribution in [0.15, 0.2) is 12.7 Å². The van der Waals surface area contributed by atoms with Gasteiger partial charge in [0.15, 0.2) is 0 Å². The van der Waals surface area contributed by atoms with Crippen molar-refractivity contribution in [2.45, 2.75) is 39.0 Å². The molecular weight excluding hydrogens is 216 g/mol. The number of hydrogen-bond acceptors (Lipinski definition) is 2. The number of aliphatic hydroxyl groups is 1. The van der Waals surface area contributed by atoms with Crippen LogP contribution in [-0.4, -0.2) is 22.8 Å². The first kappa shape index (κ1) is 19.5. The molecule has 0 heterocycles. The third-order valence-electron chi connectivity index (χ3n) is 1.40. The molecule has 0 aliphatic rings. The Morgan fingerprint density at radius 1 is 1.36 bits per heavy atom. The van der Waals surface area contributed by atoms with Crippen molar-refractivity contribution in [2.75, 3.05) is 6.61 Å². The summed E-state index contributed by atoms with van der Waals surface area (Å²) >= 11 is 0. The Morgan fingerprint density at radius 2 is 1.86 bits per heavy atom. The van der Waals surface area contributed by atoms with Gasteiger partial charge in [0.05, 0.1) is 0 Å². The van der Waals surface area contributed by atoms with Crippen LogP contribution < -0.4 is 0 Å². The number of unbranched alkanes of at least 4 members (excludes halogenated alkanes) is 4. The number of rotatable bonds is 6. The number of aliphatic carboxylic acids is 1. The minimum absolute atomic E-state index is 0. The second kappa shape index (κ2) is 18.6. The van der Waals surface area contributed by atoms with Gasteiger partial charge in [-0.3, -0.25) is 0 Å². The van der Waals surface area contributed by atoms with Crippen molar-refractivity contribution in [3.63, 3.8) is 0 Å². The van der Waals surface area contributed by atoms with Gasteiger partial charge in [-0.15, -0.1) is 6.58 Å². The van der Waals surface area contributed by atoms with Crippen LogP contribution in [0.25, 0.3) is 0 Å². The van der Waals surface area contributed by atoms with Gasteiger partial charge in [-0.1, -0.05) is 32.3 Å². The summed E-state index contributed by atoms with van der Waals surface area (Å²) in [5.41, 5.74) is 0. The number of hydrogen-bond donors (Lipinski definition) is 2. The van der Waals surface area contributed by atoms with Gasteiger partial charge in [-0.05, 0) is 12.8 Å². The fourth-order valence-corrected chi connectivity index (χ4v) is 0.715. The maximum atomic E-state index is 9.12. The van der Waals surface area contributed by atoms with E-state index < -0.39 is 12.6 Å². The Balaban J connectivity index is -0.000000177. The van der Waals surface area contributed by atoms with E-state index >= 15 is 0 Å². The molecule has 0 aromatic carbocycles. The van der Waals surface area contributed by atoms with Crippen molar-refractivity contribution >= 4 is 5.97 Å². The van der Waals surface area contributed by atoms with Crippen molar-refractivity contribution in [1.29, 1.82) is 0 Å². The summed E-state index contributed by atoms with van der Waals surface area (Å²) in [5.74, 6) is -1.19. The molecule has 0 aromatic heterocycles. The molecule has 0 atom stereocenters. The molecule has 0 aliphatic carbocycles. The number of carboxylic acids is 1. The third kappa shape index (κ3) is 29.7. The van der Waals surface area contributed by atoms with E-state index in [-0.39, 0.29) is 21.7 Å². The van der Waals surface area contributed by atoms with Crippen molar-refractivity contribution in [3.05, 3.63) is 12.7 Å². The molecule has 0 saturated heterocycles. The molecule has 0 aliphatic heterocycles. The van der Waals surface area contributed by atoms with Crippen LogP contribution in [0.5, 0.6) is 0 Å². The van der Waals surface area contributed by atoms with Crippen LogP contribution in [0.2, 0.25) is 0 Å². The summed E-state index contributed by atoms with van der Waals surface area (Å²) in [6, 6.07) is 0. The Bertz CT molecular complexity index is 127. The number of carbonyl (C=O) groups is 1. The van der Waals surface area contributed by atoms with Crippen LogP contribution in [0, 0.1) is 0 Å². The van der Waals surface area contributed by atoms with E-state index in [4.69, 9.17) is 15.0 Å². The SMILES string of the molecule is C=CCCCCCC.O=C(O)CO.[Ti]. The van der Waals surface area contributed by atoms with Gasteiger partial charge >= 0.3 is 5.97 Å². The maximum Gasteiger partial charge on any atom is 0.329 e. The van der Waals surface area contributed by atoms with E-state index in [1.54, 1.807) is 0 Å². The van der Waals surface area contributed by atoms with Crippen LogP contribution in [0.3, 0.4) is 0 Å². The molecule has 3 nitrogen and oxygen atoms in total. The Kier molecular flexibility index (Phi) is 25.9. The summed E-state index contributed by atoms with van der Waals surface area (Å²) in [7, 11) is 0. The van der Waals surface area contributed by atoms with Crippen LogP contribution in [0.1, 0.15) is 39.0 Å². The van der Waals surface area contributed by atoms with Crippen molar-refractivity contribution < 1.29 is 36.7 Å². The van der Waals surface area contributed by atoms with E-state index in [0.717, 1.165) is 0 Å². The summed E-state index contributed by atoms with van der Waals surface area (Å²) in [5, 5.41) is 15.0. The van der Waals surface area contributed by atoms with Gasteiger partial charge in [0.2, 0.25) is 0 Å². The molecule has 2 N–H and O–H groups in total. The van der Waals surface area contributed by atoms with E-state index in [1.807, 2.05) is 6.08 Å². The molecule has 14 heavy (non-hydrogen) atoms. The molecule has 0 spiro atoms. The molecule has 0 rings (SSSR count). The molecule has 0 aromatic rings. The van der Waals surface area contributed by atoms with Gasteiger partial charge in [0, 0.05) is 21.7 Å². The van der Waals surface area contributed by atoms with Crippen molar-refractivity contribution in [2.24, 2.45) is 0 Å². The first-order valence-corrected chi connectivity index (χ1v) is 4.62. The molecule has 0 fully saturated rings. The zero-order chi connectivity index (χ0) is 10.5. The first-order valence-electron chi connectivity index (χ1n) is 4.62. The molecule has 0 amide bonds. The molecule has 82 valence electrons. The van der Waals surface area contributed by atoms with Crippen molar-refractivity contribution in [3.8, 4) is 0 Å². The average Bonchev–Trinajstić information content (AvgIpc) is 2.14. The van der Waals surface area contributed by atoms with Gasteiger partial charge < -0.3 is 10.2 Å². The van der Waals surface area contributed by atoms with Crippen molar-refractivity contribution in [1.82, 2.24) is 0 Å². The van der Waals surface area contributed by atoms with Gasteiger partial charge in [0.25, 0.3) is 0 Å². The third-order valence-corrected chi connectivity index (χ3v) is 1.40. The molecule has 0 unspecified atom stereocenters. The van der Waals surface area contributed by atoms with Crippen LogP contribution >= 0.6 is 0 Å². The molecule has 0 radical (unpaired) electrons. The quantitative estimate of drug-likeness (QED) is 0.422. The van der Waals surface area contributed by atoms with E-state index in [0.29, 0.717) is 0 Å². The number of carboxylic acid groups (broad SMARTS) is 1. The van der Waals surface area contributed by atoms with Crippen LogP contribution in [-0.2, 0) is 26.5 Å². The fourth-order valence-electron chi connectivity index (χ4n) is 0.715. The van der Waals surface area contributed by atoms with E-state index in [2.05, 4.69) is 13.5 Å². The predicted octanol–water partition coefficient (Wildman–Crippen LogP) is 2.20. The summed E-state index contributed by atoms with van der Waals surface area (Å²) in [4.78, 5) is 9.12. The topological polar surface area (TPSA) is 57.5 Å². The molecular formula is C10H20O3Ti. The zero-order valence-electron chi connectivity index (χ0n) is 8.83. The monoisotopic (exact) mass is 236 g/mol. The van der Waals surface area contributed by atoms with Gasteiger partial charge in [0.1, 0.15) is 6.61 Å². The predicted molar refractivity (Wildman–Crippen MR) is 53.7 cm³/mol. The number of allylic oxidation sites excluding steroid dienone is 1. The van der Waals surface area contributed by atoms with E-state index in [1.165, 1.54) is 32.1 Å². The summed E-state index contributed by atoms with van der Waals surface area (Å²) in [6.07, 6.45) is 8.61. The largest absolute Gasteiger partial charge is 0.480 e. The Morgan fingerprint density at radius 3 is 2.14 bits per heavy atom. The fraction of sp³-hybridized carbons (Fsp3) is 0.700. The standard InChI is InChI=1S/C8H16.C2H4O3.Ti/c1-3-5-7-8-6-4-2;3-1-2(4)5;/h3H,1,4-8H2,2H3;3H,1H2,(H,4,5);. The molecule has 0 saturated carbocycles. The first-order chi connectivity index (χ1) is 6.18. The minimum Gasteiger partial charge on any atom is -0.480 e. The van der Waals surface area contributed by atoms with Crippen LogP contribution in [0.4, 0.5) is 0 Å². The average molecular weight is 236 g/mol. The number of aliphatic hydroxyl groups excluding tert-OH is 1. The van der Waals surface area contributed by atoms with Gasteiger partial charge in [-0.25, -0.2) is 4.79 Å². The minimum atomic E-state index is -1.19. The molecule has 4 heteroatoms. The Hall–Kier alpha value is -0.116. The summed E-state index contributed by atoms with van der Waals surface area (Å²) in [6.45, 7) is 5.11. The second-order valence-corrected chi connectivity index (χ2v) is 2.69. The van der Waals surface area contributed by atoms with E-state index in [9.17, 15) is 0 Å². The smallest absolute Gasteiger partial charge is 0.329 e. The zero-order valence-corrected chi connectivity index (χ0v) is 10.4.